The number of aromatic nitrogens is 3. The molecule has 2 atom stereocenters. The zero-order valence-electron chi connectivity index (χ0n) is 19.9. The summed E-state index contributed by atoms with van der Waals surface area (Å²) >= 11 is 0. The summed E-state index contributed by atoms with van der Waals surface area (Å²) in [7, 11) is 0. The van der Waals surface area contributed by atoms with Crippen molar-refractivity contribution in [2.24, 2.45) is 0 Å². The summed E-state index contributed by atoms with van der Waals surface area (Å²) in [6.07, 6.45) is -1.50. The van der Waals surface area contributed by atoms with Crippen LogP contribution in [0.1, 0.15) is 22.8 Å². The first-order valence-corrected chi connectivity index (χ1v) is 11.2. The van der Waals surface area contributed by atoms with Gasteiger partial charge in [0.25, 0.3) is 5.91 Å². The van der Waals surface area contributed by atoms with Crippen LogP contribution in [0.25, 0.3) is 0 Å². The van der Waals surface area contributed by atoms with Crippen LogP contribution in [0.5, 0.6) is 5.75 Å². The highest BCUT2D eigenvalue weighted by Crippen LogP contribution is 2.33. The number of carbonyl (C=O) groups is 1. The van der Waals surface area contributed by atoms with Gasteiger partial charge in [0.15, 0.2) is 6.61 Å². The van der Waals surface area contributed by atoms with Crippen molar-refractivity contribution >= 4 is 5.91 Å². The van der Waals surface area contributed by atoms with Crippen LogP contribution in [-0.4, -0.2) is 73.9 Å². The summed E-state index contributed by atoms with van der Waals surface area (Å²) in [5, 5.41) is 25.3. The summed E-state index contributed by atoms with van der Waals surface area (Å²) in [6.45, 7) is -1.47. The van der Waals surface area contributed by atoms with Crippen molar-refractivity contribution < 1.29 is 46.1 Å². The zero-order valence-corrected chi connectivity index (χ0v) is 19.9. The Bertz CT molecular complexity index is 1210. The smallest absolute Gasteiger partial charge is 0.340 e. The molecule has 0 aliphatic rings. The number of nitrogens with zero attached hydrogens (tertiary/aromatic N) is 4. The number of ether oxygens (including phenoxy) is 1. The van der Waals surface area contributed by atoms with Gasteiger partial charge in [-0.2, -0.15) is 13.9 Å². The lowest BCUT2D eigenvalue weighted by Crippen LogP contribution is -2.54. The molecule has 14 heteroatoms. The van der Waals surface area contributed by atoms with Crippen molar-refractivity contribution in [2.45, 2.75) is 37.5 Å². The predicted molar refractivity (Wildman–Crippen MR) is 121 cm³/mol. The molecule has 8 nitrogen and oxygen atoms in total. The number of alkyl halides is 4. The zero-order chi connectivity index (χ0) is 28.1. The molecular weight excluding hydrogens is 522 g/mol. The maximum absolute atomic E-state index is 14.8. The van der Waals surface area contributed by atoms with E-state index in [9.17, 15) is 41.4 Å². The standard InChI is InChI=1S/C24H24F6N4O4/c1-15(23(37,11-33-14-31-13-32-33)19-7-4-17(25)10-20(19)26)34(8-9-35)21(36)16-2-5-18(6-3-16)38-12-24(29,30)22(27)28/h2-7,10,13-15,22,35,37H,8-9,11-12H2,1H3/t15-,23-/m1/s1. The van der Waals surface area contributed by atoms with E-state index < -0.39 is 61.3 Å². The highest BCUT2D eigenvalue weighted by molar-refractivity contribution is 5.94. The van der Waals surface area contributed by atoms with Crippen molar-refractivity contribution in [1.82, 2.24) is 19.7 Å². The Morgan fingerprint density at radius 3 is 2.39 bits per heavy atom. The molecule has 206 valence electrons. The summed E-state index contributed by atoms with van der Waals surface area (Å²) in [4.78, 5) is 18.2. The fourth-order valence-corrected chi connectivity index (χ4v) is 3.78. The van der Waals surface area contributed by atoms with Gasteiger partial charge in [-0.1, -0.05) is 6.07 Å². The van der Waals surface area contributed by atoms with Crippen LogP contribution >= 0.6 is 0 Å². The predicted octanol–water partition coefficient (Wildman–Crippen LogP) is 3.25. The fraction of sp³-hybridized carbons (Fsp3) is 0.375. The quantitative estimate of drug-likeness (QED) is 0.339. The molecule has 0 fully saturated rings. The van der Waals surface area contributed by atoms with Crippen LogP contribution in [0, 0.1) is 11.6 Å². The molecule has 0 spiro atoms. The topological polar surface area (TPSA) is 101 Å². The third kappa shape index (κ3) is 6.42. The van der Waals surface area contributed by atoms with E-state index >= 15 is 0 Å². The molecule has 38 heavy (non-hydrogen) atoms. The average Bonchev–Trinajstić information content (AvgIpc) is 3.38. The van der Waals surface area contributed by atoms with E-state index in [0.29, 0.717) is 6.07 Å². The molecule has 0 saturated carbocycles. The Morgan fingerprint density at radius 1 is 1.16 bits per heavy atom. The fourth-order valence-electron chi connectivity index (χ4n) is 3.78. The van der Waals surface area contributed by atoms with Crippen LogP contribution in [0.2, 0.25) is 0 Å². The third-order valence-electron chi connectivity index (χ3n) is 5.88. The van der Waals surface area contributed by atoms with Crippen LogP contribution in [0.15, 0.2) is 55.1 Å². The summed E-state index contributed by atoms with van der Waals surface area (Å²) in [6, 6.07) is 5.85. The van der Waals surface area contributed by atoms with Crippen molar-refractivity contribution in [1.29, 1.82) is 0 Å². The molecule has 0 unspecified atom stereocenters. The normalized spacial score (nSPS) is 14.3. The minimum Gasteiger partial charge on any atom is -0.487 e. The first-order valence-electron chi connectivity index (χ1n) is 11.2. The Hall–Kier alpha value is -3.65. The number of benzene rings is 2. The molecule has 0 aliphatic carbocycles. The van der Waals surface area contributed by atoms with Gasteiger partial charge < -0.3 is 19.8 Å². The second kappa shape index (κ2) is 11.8. The number of rotatable bonds is 12. The molecule has 2 aromatic carbocycles. The van der Waals surface area contributed by atoms with Gasteiger partial charge >= 0.3 is 12.3 Å². The van der Waals surface area contributed by atoms with Gasteiger partial charge in [0, 0.05) is 23.7 Å². The van der Waals surface area contributed by atoms with Crippen LogP contribution in [0.4, 0.5) is 26.3 Å². The number of halogens is 6. The third-order valence-corrected chi connectivity index (χ3v) is 5.88. The summed E-state index contributed by atoms with van der Waals surface area (Å²) in [5.74, 6) is -7.31. The maximum Gasteiger partial charge on any atom is 0.340 e. The highest BCUT2D eigenvalue weighted by Gasteiger charge is 2.44. The monoisotopic (exact) mass is 546 g/mol. The molecule has 0 bridgehead atoms. The Morgan fingerprint density at radius 2 is 1.84 bits per heavy atom. The van der Waals surface area contributed by atoms with E-state index in [2.05, 4.69) is 10.1 Å². The molecule has 1 aromatic heterocycles. The van der Waals surface area contributed by atoms with Crippen molar-refractivity contribution in [3.8, 4) is 5.75 Å². The van der Waals surface area contributed by atoms with Gasteiger partial charge in [-0.05, 0) is 37.3 Å². The van der Waals surface area contributed by atoms with Gasteiger partial charge in [0.05, 0.1) is 19.2 Å². The van der Waals surface area contributed by atoms with Crippen molar-refractivity contribution in [2.75, 3.05) is 19.8 Å². The number of amides is 1. The van der Waals surface area contributed by atoms with E-state index in [4.69, 9.17) is 4.74 Å². The van der Waals surface area contributed by atoms with E-state index in [1.54, 1.807) is 0 Å². The number of hydrogen-bond acceptors (Lipinski definition) is 6. The minimum absolute atomic E-state index is 0.0408. The minimum atomic E-state index is -4.37. The van der Waals surface area contributed by atoms with E-state index in [-0.39, 0.29) is 23.4 Å². The number of aliphatic hydroxyl groups excluding tert-OH is 1. The second-order valence-corrected chi connectivity index (χ2v) is 8.41. The Kier molecular flexibility index (Phi) is 8.99. The number of carbonyl (C=O) groups excluding carboxylic acids is 1. The second-order valence-electron chi connectivity index (χ2n) is 8.41. The highest BCUT2D eigenvalue weighted by atomic mass is 19.3. The van der Waals surface area contributed by atoms with Gasteiger partial charge in [0.1, 0.15) is 35.6 Å². The number of hydrogen-bond donors (Lipinski definition) is 2. The Balaban J connectivity index is 1.91. The molecular formula is C24H24F6N4O4. The molecule has 3 rings (SSSR count). The first kappa shape index (κ1) is 28.9. The van der Waals surface area contributed by atoms with Crippen molar-refractivity contribution in [3.63, 3.8) is 0 Å². The first-order chi connectivity index (χ1) is 17.9. The lowest BCUT2D eigenvalue weighted by molar-refractivity contribution is -0.148. The van der Waals surface area contributed by atoms with Crippen LogP contribution in [-0.2, 0) is 12.1 Å². The van der Waals surface area contributed by atoms with Gasteiger partial charge in [0.2, 0.25) is 0 Å². The Labute approximate surface area is 213 Å². The lowest BCUT2D eigenvalue weighted by atomic mass is 9.85. The largest absolute Gasteiger partial charge is 0.487 e. The SMILES string of the molecule is C[C@@H](N(CCO)C(=O)c1ccc(OCC(F)(F)C(F)F)cc1)[C@](O)(Cn1cncn1)c1ccc(F)cc1F. The van der Waals surface area contributed by atoms with Crippen LogP contribution < -0.4 is 4.74 Å². The van der Waals surface area contributed by atoms with E-state index in [0.717, 1.165) is 29.2 Å². The van der Waals surface area contributed by atoms with Gasteiger partial charge in [-0.25, -0.2) is 27.2 Å². The molecule has 2 N–H and O–H groups in total. The van der Waals surface area contributed by atoms with Gasteiger partial charge in [-0.3, -0.25) is 4.79 Å². The lowest BCUT2D eigenvalue weighted by Gasteiger charge is -2.41. The molecule has 3 aromatic rings. The van der Waals surface area contributed by atoms with Gasteiger partial charge in [-0.15, -0.1) is 0 Å². The van der Waals surface area contributed by atoms with Crippen LogP contribution in [0.3, 0.4) is 0 Å². The summed E-state index contributed by atoms with van der Waals surface area (Å²) in [5.41, 5.74) is -2.58. The summed E-state index contributed by atoms with van der Waals surface area (Å²) < 4.78 is 85.2. The van der Waals surface area contributed by atoms with E-state index in [1.165, 1.54) is 36.4 Å². The van der Waals surface area contributed by atoms with Crippen molar-refractivity contribution in [3.05, 3.63) is 77.9 Å². The average molecular weight is 546 g/mol. The molecule has 0 radical (unpaired) electrons. The molecule has 0 aliphatic heterocycles. The number of aliphatic hydroxyl groups is 2. The molecule has 1 amide bonds. The molecule has 1 heterocycles. The van der Waals surface area contributed by atoms with E-state index in [1.807, 2.05) is 0 Å². The molecule has 0 saturated heterocycles. The maximum atomic E-state index is 14.8.